The quantitative estimate of drug-likeness (QED) is 0.576. The predicted molar refractivity (Wildman–Crippen MR) is 119 cm³/mol. The van der Waals surface area contributed by atoms with E-state index in [-0.39, 0.29) is 17.6 Å². The molecule has 1 aliphatic rings. The Kier molecular flexibility index (Phi) is 6.31. The lowest BCUT2D eigenvalue weighted by atomic mass is 9.92. The van der Waals surface area contributed by atoms with Gasteiger partial charge in [0.05, 0.1) is 7.11 Å². The molecule has 0 aliphatic carbocycles. The second-order valence-corrected chi connectivity index (χ2v) is 8.17. The second kappa shape index (κ2) is 9.29. The molecular weight excluding hydrogens is 391 g/mol. The van der Waals surface area contributed by atoms with Crippen molar-refractivity contribution in [3.63, 3.8) is 0 Å². The summed E-state index contributed by atoms with van der Waals surface area (Å²) in [6.45, 7) is 3.41. The molecule has 0 saturated carbocycles. The number of carbonyl (C=O) groups is 1. The van der Waals surface area contributed by atoms with Gasteiger partial charge < -0.3 is 9.64 Å². The third kappa shape index (κ3) is 5.10. The Balaban J connectivity index is 1.51. The van der Waals surface area contributed by atoms with Gasteiger partial charge in [-0.05, 0) is 79.8 Å². The van der Waals surface area contributed by atoms with Gasteiger partial charge in [0.2, 0.25) is 0 Å². The number of nitrogens with zero attached hydrogens (tertiary/aromatic N) is 2. The molecular formula is C26H27FN2O2. The highest BCUT2D eigenvalue weighted by atomic mass is 19.1. The maximum atomic E-state index is 13.2. The summed E-state index contributed by atoms with van der Waals surface area (Å²) in [7, 11) is 1.60. The third-order valence-electron chi connectivity index (χ3n) is 5.80. The zero-order valence-corrected chi connectivity index (χ0v) is 18.0. The van der Waals surface area contributed by atoms with E-state index in [0.29, 0.717) is 17.9 Å². The molecule has 2 aromatic carbocycles. The molecule has 31 heavy (non-hydrogen) atoms. The van der Waals surface area contributed by atoms with Gasteiger partial charge in [0.25, 0.3) is 5.91 Å². The molecule has 0 radical (unpaired) electrons. The summed E-state index contributed by atoms with van der Waals surface area (Å²) in [6, 6.07) is 18.2. The van der Waals surface area contributed by atoms with E-state index in [4.69, 9.17) is 9.72 Å². The Morgan fingerprint density at radius 1 is 1.13 bits per heavy atom. The van der Waals surface area contributed by atoms with Crippen LogP contribution in [0.3, 0.4) is 0 Å². The number of rotatable bonds is 5. The number of aryl methyl sites for hydroxylation is 1. The van der Waals surface area contributed by atoms with E-state index in [9.17, 15) is 9.18 Å². The highest BCUT2D eigenvalue weighted by Gasteiger charge is 2.27. The third-order valence-corrected chi connectivity index (χ3v) is 5.80. The molecule has 2 heterocycles. The first kappa shape index (κ1) is 21.0. The predicted octanol–water partition coefficient (Wildman–Crippen LogP) is 5.15. The summed E-state index contributed by atoms with van der Waals surface area (Å²) in [5, 5.41) is 0. The molecule has 0 spiro atoms. The van der Waals surface area contributed by atoms with E-state index in [2.05, 4.69) is 12.1 Å². The molecule has 0 bridgehead atoms. The van der Waals surface area contributed by atoms with Crippen LogP contribution in [-0.4, -0.2) is 36.0 Å². The molecule has 160 valence electrons. The van der Waals surface area contributed by atoms with E-state index in [0.717, 1.165) is 48.3 Å². The number of hydrogen-bond donors (Lipinski definition) is 0. The number of benzene rings is 2. The number of aromatic nitrogens is 1. The van der Waals surface area contributed by atoms with Crippen molar-refractivity contribution >= 4 is 5.91 Å². The lowest BCUT2D eigenvalue weighted by Crippen LogP contribution is -2.39. The maximum Gasteiger partial charge on any atom is 0.254 e. The minimum Gasteiger partial charge on any atom is -0.497 e. The molecule has 0 N–H and O–H groups in total. The summed E-state index contributed by atoms with van der Waals surface area (Å²) in [4.78, 5) is 19.8. The zero-order valence-electron chi connectivity index (χ0n) is 18.0. The number of halogens is 1. The number of ether oxygens (including phenoxy) is 1. The molecule has 1 saturated heterocycles. The fourth-order valence-corrected chi connectivity index (χ4v) is 4.26. The zero-order chi connectivity index (χ0) is 21.8. The SMILES string of the molecule is COc1cccc(C(=O)N2CCC[C@@H](c3cc(Cc4ccc(F)cc4)cc(C)n3)C2)c1. The van der Waals surface area contributed by atoms with E-state index >= 15 is 0 Å². The van der Waals surface area contributed by atoms with Gasteiger partial charge in [0.1, 0.15) is 11.6 Å². The molecule has 4 nitrogen and oxygen atoms in total. The molecule has 5 heteroatoms. The van der Waals surface area contributed by atoms with Crippen molar-refractivity contribution in [3.8, 4) is 5.75 Å². The van der Waals surface area contributed by atoms with Gasteiger partial charge in [-0.25, -0.2) is 4.39 Å². The second-order valence-electron chi connectivity index (χ2n) is 8.17. The lowest BCUT2D eigenvalue weighted by molar-refractivity contribution is 0.0705. The van der Waals surface area contributed by atoms with Gasteiger partial charge in [-0.15, -0.1) is 0 Å². The average molecular weight is 419 g/mol. The largest absolute Gasteiger partial charge is 0.497 e. The van der Waals surface area contributed by atoms with Crippen LogP contribution in [0.5, 0.6) is 5.75 Å². The van der Waals surface area contributed by atoms with Gasteiger partial charge in [-0.2, -0.15) is 0 Å². The molecule has 1 fully saturated rings. The molecule has 1 atom stereocenters. The van der Waals surface area contributed by atoms with Gasteiger partial charge in [-0.3, -0.25) is 9.78 Å². The van der Waals surface area contributed by atoms with Crippen LogP contribution >= 0.6 is 0 Å². The monoisotopic (exact) mass is 418 g/mol. The topological polar surface area (TPSA) is 42.4 Å². The number of pyridine rings is 1. The van der Waals surface area contributed by atoms with Crippen molar-refractivity contribution in [2.75, 3.05) is 20.2 Å². The van der Waals surface area contributed by atoms with Crippen LogP contribution in [-0.2, 0) is 6.42 Å². The highest BCUT2D eigenvalue weighted by Crippen LogP contribution is 2.28. The van der Waals surface area contributed by atoms with Crippen molar-refractivity contribution in [3.05, 3.63) is 94.6 Å². The molecule has 1 aliphatic heterocycles. The summed E-state index contributed by atoms with van der Waals surface area (Å²) in [5.74, 6) is 0.696. The van der Waals surface area contributed by atoms with Crippen LogP contribution in [0.1, 0.15) is 51.6 Å². The van der Waals surface area contributed by atoms with Crippen molar-refractivity contribution in [1.29, 1.82) is 0 Å². The average Bonchev–Trinajstić information content (AvgIpc) is 2.80. The smallest absolute Gasteiger partial charge is 0.254 e. The van der Waals surface area contributed by atoms with Gasteiger partial charge >= 0.3 is 0 Å². The number of likely N-dealkylation sites (tertiary alicyclic amines) is 1. The van der Waals surface area contributed by atoms with Crippen molar-refractivity contribution in [2.24, 2.45) is 0 Å². The van der Waals surface area contributed by atoms with Crippen LogP contribution in [0, 0.1) is 12.7 Å². The highest BCUT2D eigenvalue weighted by molar-refractivity contribution is 5.94. The van der Waals surface area contributed by atoms with Crippen LogP contribution < -0.4 is 4.74 Å². The standard InChI is InChI=1S/C26H27FN2O2/c1-18-13-20(14-19-8-10-23(27)11-9-19)15-25(28-18)22-6-4-12-29(17-22)26(30)21-5-3-7-24(16-21)31-2/h3,5,7-11,13,15-16,22H,4,6,12,14,17H2,1-2H3/t22-/m1/s1. The first-order valence-corrected chi connectivity index (χ1v) is 10.7. The minimum absolute atomic E-state index is 0.0304. The number of piperidine rings is 1. The van der Waals surface area contributed by atoms with Crippen molar-refractivity contribution in [1.82, 2.24) is 9.88 Å². The Hall–Kier alpha value is -3.21. The van der Waals surface area contributed by atoms with Crippen LogP contribution in [0.2, 0.25) is 0 Å². The van der Waals surface area contributed by atoms with E-state index < -0.39 is 0 Å². The minimum atomic E-state index is -0.224. The van der Waals surface area contributed by atoms with E-state index in [1.807, 2.05) is 42.2 Å². The molecule has 1 amide bonds. The first-order chi connectivity index (χ1) is 15.0. The van der Waals surface area contributed by atoms with Gasteiger partial charge in [0.15, 0.2) is 0 Å². The fraction of sp³-hybridized carbons (Fsp3) is 0.308. The summed E-state index contributed by atoms with van der Waals surface area (Å²) in [6.07, 6.45) is 2.69. The van der Waals surface area contributed by atoms with Crippen LogP contribution in [0.4, 0.5) is 4.39 Å². The lowest BCUT2D eigenvalue weighted by Gasteiger charge is -2.33. The van der Waals surface area contributed by atoms with Gasteiger partial charge in [0, 0.05) is 36.0 Å². The molecule has 4 rings (SSSR count). The van der Waals surface area contributed by atoms with Crippen molar-refractivity contribution in [2.45, 2.75) is 32.1 Å². The molecule has 3 aromatic rings. The number of amides is 1. The number of hydrogen-bond acceptors (Lipinski definition) is 3. The molecule has 0 unspecified atom stereocenters. The molecule has 1 aromatic heterocycles. The Bertz CT molecular complexity index is 1070. The Morgan fingerprint density at radius 3 is 2.71 bits per heavy atom. The number of carbonyl (C=O) groups excluding carboxylic acids is 1. The first-order valence-electron chi connectivity index (χ1n) is 10.7. The number of methoxy groups -OCH3 is 1. The maximum absolute atomic E-state index is 13.2. The Labute approximate surface area is 182 Å². The van der Waals surface area contributed by atoms with Crippen LogP contribution in [0.15, 0.2) is 60.7 Å². The van der Waals surface area contributed by atoms with Crippen molar-refractivity contribution < 1.29 is 13.9 Å². The summed E-state index contributed by atoms with van der Waals surface area (Å²) < 4.78 is 18.5. The van der Waals surface area contributed by atoms with Crippen LogP contribution in [0.25, 0.3) is 0 Å². The summed E-state index contributed by atoms with van der Waals surface area (Å²) >= 11 is 0. The van der Waals surface area contributed by atoms with Gasteiger partial charge in [-0.1, -0.05) is 18.2 Å². The fourth-order valence-electron chi connectivity index (χ4n) is 4.26. The van der Waals surface area contributed by atoms with E-state index in [1.165, 1.54) is 12.1 Å². The van der Waals surface area contributed by atoms with E-state index in [1.54, 1.807) is 13.2 Å². The normalized spacial score (nSPS) is 16.2. The Morgan fingerprint density at radius 2 is 1.94 bits per heavy atom. The summed E-state index contributed by atoms with van der Waals surface area (Å²) in [5.41, 5.74) is 4.86.